The van der Waals surface area contributed by atoms with Gasteiger partial charge in [0.1, 0.15) is 5.75 Å². The Hall–Kier alpha value is -1.39. The van der Waals surface area contributed by atoms with Crippen molar-refractivity contribution in [2.45, 2.75) is 26.4 Å². The minimum atomic E-state index is -4.37. The molecule has 0 aliphatic heterocycles. The highest BCUT2D eigenvalue weighted by Gasteiger charge is 2.30. The minimum absolute atomic E-state index is 0.0172. The largest absolute Gasteiger partial charge is 0.491 e. The van der Waals surface area contributed by atoms with Crippen LogP contribution in [0.3, 0.4) is 0 Å². The van der Waals surface area contributed by atoms with E-state index in [4.69, 9.17) is 10.5 Å². The summed E-state index contributed by atoms with van der Waals surface area (Å²) in [6.07, 6.45) is -3.54. The zero-order valence-electron chi connectivity index (χ0n) is 9.84. The van der Waals surface area contributed by atoms with Gasteiger partial charge in [-0.25, -0.2) is 0 Å². The number of nitrogen functional groups attached to an aromatic ring is 1. The zero-order chi connectivity index (χ0) is 13.1. The van der Waals surface area contributed by atoms with Gasteiger partial charge in [-0.15, -0.1) is 0 Å². The first kappa shape index (κ1) is 13.7. The Bertz CT molecular complexity index is 375. The normalized spacial score (nSPS) is 11.9. The van der Waals surface area contributed by atoms with Crippen LogP contribution >= 0.6 is 0 Å². The lowest BCUT2D eigenvalue weighted by atomic mass is 10.1. The van der Waals surface area contributed by atoms with Crippen molar-refractivity contribution in [1.29, 1.82) is 0 Å². The van der Waals surface area contributed by atoms with Crippen LogP contribution < -0.4 is 10.5 Å². The first-order valence-corrected chi connectivity index (χ1v) is 5.40. The molecule has 0 spiro atoms. The van der Waals surface area contributed by atoms with Gasteiger partial charge in [0.05, 0.1) is 17.9 Å². The van der Waals surface area contributed by atoms with Crippen molar-refractivity contribution in [1.82, 2.24) is 0 Å². The van der Waals surface area contributed by atoms with Crippen molar-refractivity contribution < 1.29 is 17.9 Å². The molecule has 1 aromatic rings. The monoisotopic (exact) mass is 247 g/mol. The topological polar surface area (TPSA) is 35.2 Å². The Balaban J connectivity index is 2.70. The molecule has 0 aliphatic rings. The average molecular weight is 247 g/mol. The van der Waals surface area contributed by atoms with Crippen molar-refractivity contribution in [3.05, 3.63) is 23.8 Å². The summed E-state index contributed by atoms with van der Waals surface area (Å²) in [5, 5.41) is 0. The second-order valence-corrected chi connectivity index (χ2v) is 4.28. The Kier molecular flexibility index (Phi) is 4.26. The van der Waals surface area contributed by atoms with Crippen LogP contribution in [0.25, 0.3) is 0 Å². The van der Waals surface area contributed by atoms with Gasteiger partial charge in [-0.1, -0.05) is 13.8 Å². The van der Waals surface area contributed by atoms with E-state index < -0.39 is 11.7 Å². The molecule has 0 heterocycles. The van der Waals surface area contributed by atoms with Gasteiger partial charge in [0, 0.05) is 0 Å². The van der Waals surface area contributed by atoms with E-state index in [0.29, 0.717) is 18.3 Å². The molecule has 0 saturated carbocycles. The van der Waals surface area contributed by atoms with Gasteiger partial charge in [0.25, 0.3) is 0 Å². The van der Waals surface area contributed by atoms with E-state index in [2.05, 4.69) is 0 Å². The first-order chi connectivity index (χ1) is 7.80. The molecular formula is C12H16F3NO. The highest BCUT2D eigenvalue weighted by Crippen LogP contribution is 2.33. The molecule has 2 nitrogen and oxygen atoms in total. The van der Waals surface area contributed by atoms with Gasteiger partial charge in [-0.3, -0.25) is 0 Å². The maximum atomic E-state index is 12.4. The molecule has 2 N–H and O–H groups in total. The summed E-state index contributed by atoms with van der Waals surface area (Å²) < 4.78 is 42.4. The number of ether oxygens (including phenoxy) is 1. The fraction of sp³-hybridized carbons (Fsp3) is 0.500. The lowest BCUT2D eigenvalue weighted by molar-refractivity contribution is -0.137. The van der Waals surface area contributed by atoms with Crippen molar-refractivity contribution in [3.8, 4) is 5.75 Å². The average Bonchev–Trinajstić information content (AvgIpc) is 2.18. The number of benzene rings is 1. The number of alkyl halides is 3. The molecule has 0 unspecified atom stereocenters. The molecule has 0 fully saturated rings. The number of anilines is 1. The Labute approximate surface area is 98.6 Å². The van der Waals surface area contributed by atoms with E-state index in [-0.39, 0.29) is 5.69 Å². The van der Waals surface area contributed by atoms with Gasteiger partial charge < -0.3 is 10.5 Å². The molecule has 1 aromatic carbocycles. The molecule has 17 heavy (non-hydrogen) atoms. The van der Waals surface area contributed by atoms with Crippen molar-refractivity contribution in [2.24, 2.45) is 5.92 Å². The second-order valence-electron chi connectivity index (χ2n) is 4.28. The van der Waals surface area contributed by atoms with Crippen LogP contribution in [0.5, 0.6) is 5.75 Å². The Morgan fingerprint density at radius 2 is 1.94 bits per heavy atom. The zero-order valence-corrected chi connectivity index (χ0v) is 9.84. The maximum Gasteiger partial charge on any atom is 0.416 e. The Morgan fingerprint density at radius 1 is 1.29 bits per heavy atom. The number of hydrogen-bond donors (Lipinski definition) is 1. The lowest BCUT2D eigenvalue weighted by Crippen LogP contribution is -2.07. The molecule has 0 atom stereocenters. The molecule has 0 saturated heterocycles. The summed E-state index contributed by atoms with van der Waals surface area (Å²) >= 11 is 0. The van der Waals surface area contributed by atoms with Crippen LogP contribution in [-0.4, -0.2) is 6.61 Å². The number of hydrogen-bond acceptors (Lipinski definition) is 2. The van der Waals surface area contributed by atoms with Crippen LogP contribution in [0.15, 0.2) is 18.2 Å². The quantitative estimate of drug-likeness (QED) is 0.823. The third kappa shape index (κ3) is 4.17. The van der Waals surface area contributed by atoms with E-state index in [9.17, 15) is 13.2 Å². The SMILES string of the molecule is CC(C)CCOc1ccc(C(F)(F)F)cc1N. The summed E-state index contributed by atoms with van der Waals surface area (Å²) in [6, 6.07) is 3.13. The minimum Gasteiger partial charge on any atom is -0.491 e. The second kappa shape index (κ2) is 5.29. The van der Waals surface area contributed by atoms with E-state index in [1.165, 1.54) is 6.07 Å². The maximum absolute atomic E-state index is 12.4. The lowest BCUT2D eigenvalue weighted by Gasteiger charge is -2.12. The van der Waals surface area contributed by atoms with E-state index in [1.807, 2.05) is 13.8 Å². The van der Waals surface area contributed by atoms with Gasteiger partial charge in [-0.2, -0.15) is 13.2 Å². The summed E-state index contributed by atoms with van der Waals surface area (Å²) in [6.45, 7) is 4.53. The predicted molar refractivity (Wildman–Crippen MR) is 60.8 cm³/mol. The van der Waals surface area contributed by atoms with Crippen LogP contribution in [0.2, 0.25) is 0 Å². The third-order valence-electron chi connectivity index (χ3n) is 2.29. The van der Waals surface area contributed by atoms with Crippen LogP contribution in [0, 0.1) is 5.92 Å². The van der Waals surface area contributed by atoms with Crippen molar-refractivity contribution >= 4 is 5.69 Å². The summed E-state index contributed by atoms with van der Waals surface area (Å²) in [5.41, 5.74) is 4.77. The molecule has 5 heteroatoms. The summed E-state index contributed by atoms with van der Waals surface area (Å²) in [5.74, 6) is 0.782. The first-order valence-electron chi connectivity index (χ1n) is 5.40. The molecule has 0 radical (unpaired) electrons. The van der Waals surface area contributed by atoms with E-state index in [0.717, 1.165) is 18.6 Å². The standard InChI is InChI=1S/C12H16F3NO/c1-8(2)5-6-17-11-4-3-9(7-10(11)16)12(13,14)15/h3-4,7-8H,5-6,16H2,1-2H3. The predicted octanol–water partition coefficient (Wildman–Crippen LogP) is 3.71. The fourth-order valence-corrected chi connectivity index (χ4v) is 1.26. The number of rotatable bonds is 4. The molecule has 0 aliphatic carbocycles. The van der Waals surface area contributed by atoms with E-state index in [1.54, 1.807) is 0 Å². The van der Waals surface area contributed by atoms with E-state index >= 15 is 0 Å². The van der Waals surface area contributed by atoms with Gasteiger partial charge in [0.2, 0.25) is 0 Å². The fourth-order valence-electron chi connectivity index (χ4n) is 1.26. The highest BCUT2D eigenvalue weighted by atomic mass is 19.4. The number of halogens is 3. The molecule has 0 aromatic heterocycles. The number of nitrogens with two attached hydrogens (primary N) is 1. The van der Waals surface area contributed by atoms with Gasteiger partial charge in [-0.05, 0) is 30.5 Å². The summed E-state index contributed by atoms with van der Waals surface area (Å²) in [7, 11) is 0. The van der Waals surface area contributed by atoms with Gasteiger partial charge in [0.15, 0.2) is 0 Å². The molecular weight excluding hydrogens is 231 g/mol. The van der Waals surface area contributed by atoms with Crippen molar-refractivity contribution in [3.63, 3.8) is 0 Å². The molecule has 1 rings (SSSR count). The molecule has 96 valence electrons. The van der Waals surface area contributed by atoms with Crippen LogP contribution in [0.4, 0.5) is 18.9 Å². The Morgan fingerprint density at radius 3 is 2.41 bits per heavy atom. The van der Waals surface area contributed by atoms with Crippen LogP contribution in [-0.2, 0) is 6.18 Å². The summed E-state index contributed by atoms with van der Waals surface area (Å²) in [4.78, 5) is 0. The smallest absolute Gasteiger partial charge is 0.416 e. The highest BCUT2D eigenvalue weighted by molar-refractivity contribution is 5.54. The molecule has 0 amide bonds. The van der Waals surface area contributed by atoms with Crippen molar-refractivity contribution in [2.75, 3.05) is 12.3 Å². The third-order valence-corrected chi connectivity index (χ3v) is 2.29. The van der Waals surface area contributed by atoms with Crippen LogP contribution in [0.1, 0.15) is 25.8 Å². The molecule has 0 bridgehead atoms. The van der Waals surface area contributed by atoms with Gasteiger partial charge >= 0.3 is 6.18 Å².